The third-order valence-corrected chi connectivity index (χ3v) is 4.16. The maximum Gasteiger partial charge on any atom is 0.225 e. The van der Waals surface area contributed by atoms with Crippen molar-refractivity contribution < 1.29 is 4.79 Å². The lowest BCUT2D eigenvalue weighted by molar-refractivity contribution is -0.115. The first-order valence-corrected chi connectivity index (χ1v) is 7.48. The molecule has 0 aliphatic carbocycles. The fourth-order valence-electron chi connectivity index (χ4n) is 1.41. The van der Waals surface area contributed by atoms with Crippen LogP contribution < -0.4 is 11.1 Å². The lowest BCUT2D eigenvalue weighted by atomic mass is 10.3. The first-order chi connectivity index (χ1) is 9.13. The van der Waals surface area contributed by atoms with Crippen LogP contribution in [0.4, 0.5) is 11.4 Å². The molecule has 5 nitrogen and oxygen atoms in total. The Balaban J connectivity index is 1.76. The number of hydrogen-bond acceptors (Lipinski definition) is 6. The number of carbonyl (C=O) groups excluding carboxylic acids is 1. The van der Waals surface area contributed by atoms with Gasteiger partial charge in [0.15, 0.2) is 4.34 Å². The maximum absolute atomic E-state index is 11.7. The Morgan fingerprint density at radius 1 is 1.53 bits per heavy atom. The number of aromatic nitrogens is 2. The minimum absolute atomic E-state index is 0.0284. The van der Waals surface area contributed by atoms with Crippen LogP contribution in [0.25, 0.3) is 0 Å². The molecular formula is C12H14N4OS2. The fourth-order valence-corrected chi connectivity index (χ4v) is 3.06. The van der Waals surface area contributed by atoms with Gasteiger partial charge in [-0.05, 0) is 36.7 Å². The molecule has 0 radical (unpaired) electrons. The first kappa shape index (κ1) is 13.8. The van der Waals surface area contributed by atoms with Crippen molar-refractivity contribution in [2.24, 2.45) is 0 Å². The Morgan fingerprint density at radius 3 is 3.05 bits per heavy atom. The monoisotopic (exact) mass is 294 g/mol. The smallest absolute Gasteiger partial charge is 0.225 e. The predicted octanol–water partition coefficient (Wildman–Crippen LogP) is 2.55. The van der Waals surface area contributed by atoms with E-state index in [-0.39, 0.29) is 5.91 Å². The number of amides is 1. The van der Waals surface area contributed by atoms with E-state index in [1.54, 1.807) is 23.9 Å². The fraction of sp³-hybridized carbons (Fsp3) is 0.250. The highest BCUT2D eigenvalue weighted by Crippen LogP contribution is 2.20. The Labute approximate surface area is 119 Å². The summed E-state index contributed by atoms with van der Waals surface area (Å²) in [7, 11) is 0. The summed E-state index contributed by atoms with van der Waals surface area (Å²) >= 11 is 2.90. The number of benzene rings is 1. The summed E-state index contributed by atoms with van der Waals surface area (Å²) in [6.07, 6.45) is 0.429. The van der Waals surface area contributed by atoms with Gasteiger partial charge in [0.25, 0.3) is 0 Å². The van der Waals surface area contributed by atoms with Crippen LogP contribution >= 0.6 is 23.3 Å². The van der Waals surface area contributed by atoms with Gasteiger partial charge in [0, 0.05) is 23.5 Å². The van der Waals surface area contributed by atoms with Crippen molar-refractivity contribution in [1.29, 1.82) is 0 Å². The van der Waals surface area contributed by atoms with Crippen LogP contribution in [0.15, 0.2) is 28.6 Å². The molecule has 0 spiro atoms. The second kappa shape index (κ2) is 6.53. The van der Waals surface area contributed by atoms with Gasteiger partial charge >= 0.3 is 0 Å². The van der Waals surface area contributed by atoms with Gasteiger partial charge in [-0.1, -0.05) is 17.8 Å². The SMILES string of the molecule is Cc1nsc(SCCC(=O)Nc2cccc(N)c2)n1. The number of nitrogens with two attached hydrogens (primary N) is 1. The zero-order valence-electron chi connectivity index (χ0n) is 10.4. The van der Waals surface area contributed by atoms with E-state index in [1.807, 2.05) is 19.1 Å². The van der Waals surface area contributed by atoms with E-state index in [0.29, 0.717) is 17.9 Å². The number of carbonyl (C=O) groups is 1. The Kier molecular flexibility index (Phi) is 4.75. The second-order valence-electron chi connectivity index (χ2n) is 3.88. The minimum Gasteiger partial charge on any atom is -0.399 e. The molecule has 2 aromatic rings. The lowest BCUT2D eigenvalue weighted by Crippen LogP contribution is -2.12. The predicted molar refractivity (Wildman–Crippen MR) is 79.5 cm³/mol. The van der Waals surface area contributed by atoms with E-state index >= 15 is 0 Å². The molecule has 2 rings (SSSR count). The standard InChI is InChI=1S/C12H14N4OS2/c1-8-14-12(19-16-8)18-6-5-11(17)15-10-4-2-3-9(13)7-10/h2-4,7H,5-6,13H2,1H3,(H,15,17). The molecule has 1 aromatic heterocycles. The average Bonchev–Trinajstić information content (AvgIpc) is 2.75. The van der Waals surface area contributed by atoms with Crippen molar-refractivity contribution in [3.63, 3.8) is 0 Å². The highest BCUT2D eigenvalue weighted by atomic mass is 32.2. The van der Waals surface area contributed by atoms with Crippen LogP contribution in [0.2, 0.25) is 0 Å². The van der Waals surface area contributed by atoms with E-state index in [9.17, 15) is 4.79 Å². The summed E-state index contributed by atoms with van der Waals surface area (Å²) < 4.78 is 4.98. The van der Waals surface area contributed by atoms with Crippen molar-refractivity contribution in [1.82, 2.24) is 9.36 Å². The van der Waals surface area contributed by atoms with Crippen LogP contribution in [0.3, 0.4) is 0 Å². The third kappa shape index (κ3) is 4.53. The van der Waals surface area contributed by atoms with Crippen molar-refractivity contribution in [2.45, 2.75) is 17.7 Å². The molecule has 1 heterocycles. The molecule has 3 N–H and O–H groups in total. The number of nitrogens with one attached hydrogen (secondary N) is 1. The summed E-state index contributed by atoms with van der Waals surface area (Å²) in [4.78, 5) is 15.9. The van der Waals surface area contributed by atoms with Gasteiger partial charge in [0.05, 0.1) is 0 Å². The van der Waals surface area contributed by atoms with Crippen LogP contribution in [-0.4, -0.2) is 21.0 Å². The first-order valence-electron chi connectivity index (χ1n) is 5.72. The van der Waals surface area contributed by atoms with Gasteiger partial charge in [0.1, 0.15) is 5.82 Å². The van der Waals surface area contributed by atoms with Crippen molar-refractivity contribution in [2.75, 3.05) is 16.8 Å². The zero-order chi connectivity index (χ0) is 13.7. The zero-order valence-corrected chi connectivity index (χ0v) is 12.1. The van der Waals surface area contributed by atoms with E-state index in [4.69, 9.17) is 5.73 Å². The molecule has 0 aliphatic heterocycles. The van der Waals surface area contributed by atoms with Crippen molar-refractivity contribution in [3.05, 3.63) is 30.1 Å². The van der Waals surface area contributed by atoms with Gasteiger partial charge in [-0.25, -0.2) is 4.98 Å². The molecule has 0 aliphatic rings. The van der Waals surface area contributed by atoms with Crippen LogP contribution in [0.1, 0.15) is 12.2 Å². The Hall–Kier alpha value is -1.60. The molecule has 7 heteroatoms. The van der Waals surface area contributed by atoms with E-state index in [1.165, 1.54) is 11.5 Å². The highest BCUT2D eigenvalue weighted by Gasteiger charge is 2.05. The van der Waals surface area contributed by atoms with Crippen molar-refractivity contribution >= 4 is 40.6 Å². The van der Waals surface area contributed by atoms with E-state index in [2.05, 4.69) is 14.7 Å². The summed E-state index contributed by atoms with van der Waals surface area (Å²) in [6, 6.07) is 7.14. The van der Waals surface area contributed by atoms with Gasteiger partial charge < -0.3 is 11.1 Å². The Morgan fingerprint density at radius 2 is 2.37 bits per heavy atom. The second-order valence-corrected chi connectivity index (χ2v) is 5.97. The van der Waals surface area contributed by atoms with Gasteiger partial charge in [-0.15, -0.1) is 0 Å². The third-order valence-electron chi connectivity index (χ3n) is 2.23. The van der Waals surface area contributed by atoms with Gasteiger partial charge in [-0.2, -0.15) is 4.37 Å². The largest absolute Gasteiger partial charge is 0.399 e. The minimum atomic E-state index is -0.0284. The molecule has 1 aromatic carbocycles. The normalized spacial score (nSPS) is 10.4. The highest BCUT2D eigenvalue weighted by molar-refractivity contribution is 8.00. The van der Waals surface area contributed by atoms with Crippen molar-refractivity contribution in [3.8, 4) is 0 Å². The summed E-state index contributed by atoms with van der Waals surface area (Å²) in [5.41, 5.74) is 7.00. The number of thioether (sulfide) groups is 1. The lowest BCUT2D eigenvalue weighted by Gasteiger charge is -2.05. The maximum atomic E-state index is 11.7. The number of hydrogen-bond donors (Lipinski definition) is 2. The molecule has 0 saturated carbocycles. The molecule has 0 fully saturated rings. The molecular weight excluding hydrogens is 280 g/mol. The average molecular weight is 294 g/mol. The van der Waals surface area contributed by atoms with Crippen LogP contribution in [0, 0.1) is 6.92 Å². The quantitative estimate of drug-likeness (QED) is 0.654. The number of anilines is 2. The molecule has 0 atom stereocenters. The summed E-state index contributed by atoms with van der Waals surface area (Å²) in [6.45, 7) is 1.85. The van der Waals surface area contributed by atoms with E-state index in [0.717, 1.165) is 15.9 Å². The molecule has 1 amide bonds. The van der Waals surface area contributed by atoms with Crippen LogP contribution in [-0.2, 0) is 4.79 Å². The van der Waals surface area contributed by atoms with E-state index < -0.39 is 0 Å². The number of nitrogen functional groups attached to an aromatic ring is 1. The molecule has 0 unspecified atom stereocenters. The molecule has 0 bridgehead atoms. The summed E-state index contributed by atoms with van der Waals surface area (Å²) in [5.74, 6) is 1.43. The number of aryl methyl sites for hydroxylation is 1. The van der Waals surface area contributed by atoms with Crippen LogP contribution in [0.5, 0.6) is 0 Å². The molecule has 19 heavy (non-hydrogen) atoms. The number of rotatable bonds is 5. The van der Waals surface area contributed by atoms with Gasteiger partial charge in [0.2, 0.25) is 5.91 Å². The topological polar surface area (TPSA) is 80.9 Å². The Bertz CT molecular complexity index is 570. The molecule has 100 valence electrons. The number of nitrogens with zero attached hydrogens (tertiary/aromatic N) is 2. The molecule has 0 saturated heterocycles. The van der Waals surface area contributed by atoms with Gasteiger partial charge in [-0.3, -0.25) is 4.79 Å². The summed E-state index contributed by atoms with van der Waals surface area (Å²) in [5, 5.41) is 2.81.